The Balaban J connectivity index is 1.76. The van der Waals surface area contributed by atoms with E-state index in [0.29, 0.717) is 17.2 Å². The van der Waals surface area contributed by atoms with E-state index in [2.05, 4.69) is 15.3 Å². The molecule has 0 atom stereocenters. The number of rotatable bonds is 4. The lowest BCUT2D eigenvalue weighted by molar-refractivity contribution is -0.137. The summed E-state index contributed by atoms with van der Waals surface area (Å²) in [6.07, 6.45) is 0.692. The minimum Gasteiger partial charge on any atom is -0.377 e. The van der Waals surface area contributed by atoms with E-state index >= 15 is 0 Å². The lowest BCUT2D eigenvalue weighted by Crippen LogP contribution is -2.10. The molecule has 0 saturated heterocycles. The summed E-state index contributed by atoms with van der Waals surface area (Å²) in [7, 11) is 3.93. The van der Waals surface area contributed by atoms with Crippen molar-refractivity contribution in [3.8, 4) is 11.3 Å². The van der Waals surface area contributed by atoms with Gasteiger partial charge >= 0.3 is 6.18 Å². The van der Waals surface area contributed by atoms with E-state index < -0.39 is 11.7 Å². The molecular weight excluding hydrogens is 379 g/mol. The van der Waals surface area contributed by atoms with Crippen molar-refractivity contribution >= 4 is 22.8 Å². The largest absolute Gasteiger partial charge is 0.416 e. The van der Waals surface area contributed by atoms with Gasteiger partial charge in [-0.25, -0.2) is 9.97 Å². The van der Waals surface area contributed by atoms with Crippen LogP contribution in [-0.2, 0) is 6.18 Å². The van der Waals surface area contributed by atoms with Gasteiger partial charge in [0.15, 0.2) is 11.5 Å². The van der Waals surface area contributed by atoms with Crippen molar-refractivity contribution in [2.45, 2.75) is 6.18 Å². The Labute approximate surface area is 165 Å². The second-order valence-electron chi connectivity index (χ2n) is 6.73. The molecule has 0 radical (unpaired) electrons. The highest BCUT2D eigenvalue weighted by Gasteiger charge is 2.30. The number of nitrogens with one attached hydrogen (secondary N) is 1. The summed E-state index contributed by atoms with van der Waals surface area (Å²) < 4.78 is 40.8. The third-order valence-electron chi connectivity index (χ3n) is 4.54. The van der Waals surface area contributed by atoms with Crippen LogP contribution in [0.3, 0.4) is 0 Å². The third-order valence-corrected chi connectivity index (χ3v) is 4.54. The molecule has 4 aromatic rings. The molecule has 4 rings (SSSR count). The van der Waals surface area contributed by atoms with E-state index in [1.807, 2.05) is 47.7 Å². The van der Waals surface area contributed by atoms with Gasteiger partial charge in [-0.15, -0.1) is 0 Å². The maximum absolute atomic E-state index is 13.0. The molecule has 148 valence electrons. The number of aromatic nitrogens is 3. The first-order chi connectivity index (χ1) is 13.8. The van der Waals surface area contributed by atoms with E-state index in [9.17, 15) is 13.2 Å². The number of hydrogen-bond donors (Lipinski definition) is 1. The number of benzene rings is 2. The van der Waals surface area contributed by atoms with Crippen LogP contribution < -0.4 is 10.2 Å². The monoisotopic (exact) mass is 397 g/mol. The van der Waals surface area contributed by atoms with Crippen molar-refractivity contribution in [2.24, 2.45) is 0 Å². The maximum atomic E-state index is 13.0. The summed E-state index contributed by atoms with van der Waals surface area (Å²) in [5, 5.41) is 2.96. The van der Waals surface area contributed by atoms with Crippen LogP contribution in [0.4, 0.5) is 30.4 Å². The Hall–Kier alpha value is -3.55. The van der Waals surface area contributed by atoms with Crippen molar-refractivity contribution in [1.82, 2.24) is 14.4 Å². The van der Waals surface area contributed by atoms with Crippen LogP contribution in [-0.4, -0.2) is 28.5 Å². The highest BCUT2D eigenvalue weighted by Crippen LogP contribution is 2.33. The predicted octanol–water partition coefficient (Wildman–Crippen LogP) is 5.22. The van der Waals surface area contributed by atoms with Crippen LogP contribution in [0.15, 0.2) is 67.1 Å². The van der Waals surface area contributed by atoms with Gasteiger partial charge in [0.1, 0.15) is 0 Å². The SMILES string of the molecule is CN(C)c1ccccc1-c1cnc2c(Nc3cccc(C(F)(F)F)c3)nccn12. The zero-order valence-electron chi connectivity index (χ0n) is 15.8. The highest BCUT2D eigenvalue weighted by molar-refractivity contribution is 5.80. The molecule has 0 bridgehead atoms. The van der Waals surface area contributed by atoms with E-state index in [4.69, 9.17) is 0 Å². The summed E-state index contributed by atoms with van der Waals surface area (Å²) in [4.78, 5) is 10.7. The van der Waals surface area contributed by atoms with Gasteiger partial charge in [0.05, 0.1) is 17.5 Å². The highest BCUT2D eigenvalue weighted by atomic mass is 19.4. The second-order valence-corrected chi connectivity index (χ2v) is 6.73. The Morgan fingerprint density at radius 3 is 2.55 bits per heavy atom. The topological polar surface area (TPSA) is 45.5 Å². The average molecular weight is 397 g/mol. The molecule has 2 aromatic heterocycles. The summed E-state index contributed by atoms with van der Waals surface area (Å²) in [5.74, 6) is 0.375. The van der Waals surface area contributed by atoms with Crippen molar-refractivity contribution in [2.75, 3.05) is 24.3 Å². The zero-order chi connectivity index (χ0) is 20.6. The lowest BCUT2D eigenvalue weighted by atomic mass is 10.1. The van der Waals surface area contributed by atoms with E-state index in [1.54, 1.807) is 24.7 Å². The molecule has 0 unspecified atom stereocenters. The number of nitrogens with zero attached hydrogens (tertiary/aromatic N) is 4. The number of para-hydroxylation sites is 1. The molecule has 1 N–H and O–H groups in total. The van der Waals surface area contributed by atoms with Crippen molar-refractivity contribution < 1.29 is 13.2 Å². The van der Waals surface area contributed by atoms with Crippen LogP contribution in [0.2, 0.25) is 0 Å². The smallest absolute Gasteiger partial charge is 0.377 e. The molecule has 0 fully saturated rings. The van der Waals surface area contributed by atoms with Crippen molar-refractivity contribution in [3.63, 3.8) is 0 Å². The quantitative estimate of drug-likeness (QED) is 0.513. The number of fused-ring (bicyclic) bond motifs is 1. The predicted molar refractivity (Wildman–Crippen MR) is 107 cm³/mol. The standard InChI is InChI=1S/C21H18F3N5/c1-28(2)17-9-4-3-8-16(17)18-13-26-20-19(25-10-11-29(18)20)27-15-7-5-6-14(12-15)21(22,23)24/h3-13H,1-2H3,(H,25,27). The fourth-order valence-electron chi connectivity index (χ4n) is 3.20. The Bertz CT molecular complexity index is 1160. The molecule has 8 heteroatoms. The van der Waals surface area contributed by atoms with Crippen LogP contribution >= 0.6 is 0 Å². The van der Waals surface area contributed by atoms with Gasteiger partial charge in [0.2, 0.25) is 0 Å². The Morgan fingerprint density at radius 2 is 1.79 bits per heavy atom. The molecule has 0 aliphatic carbocycles. The molecule has 0 aliphatic heterocycles. The summed E-state index contributed by atoms with van der Waals surface area (Å²) in [5.41, 5.74) is 2.96. The normalized spacial score (nSPS) is 11.6. The van der Waals surface area contributed by atoms with Gasteiger partial charge in [0, 0.05) is 43.4 Å². The summed E-state index contributed by atoms with van der Waals surface area (Å²) in [6, 6.07) is 12.9. The van der Waals surface area contributed by atoms with Crippen molar-refractivity contribution in [3.05, 3.63) is 72.7 Å². The first-order valence-corrected chi connectivity index (χ1v) is 8.87. The molecule has 2 aromatic carbocycles. The van der Waals surface area contributed by atoms with Crippen LogP contribution in [0.25, 0.3) is 16.9 Å². The number of alkyl halides is 3. The van der Waals surface area contributed by atoms with Crippen LogP contribution in [0.1, 0.15) is 5.56 Å². The molecule has 2 heterocycles. The minimum atomic E-state index is -4.41. The third kappa shape index (κ3) is 3.61. The molecule has 29 heavy (non-hydrogen) atoms. The van der Waals surface area contributed by atoms with Crippen molar-refractivity contribution in [1.29, 1.82) is 0 Å². The number of anilines is 3. The molecule has 0 spiro atoms. The molecule has 0 saturated carbocycles. The molecular formula is C21H18F3N5. The minimum absolute atomic E-state index is 0.290. The maximum Gasteiger partial charge on any atom is 0.416 e. The first-order valence-electron chi connectivity index (χ1n) is 8.87. The van der Waals surface area contributed by atoms with E-state index in [1.165, 1.54) is 6.07 Å². The molecule has 0 amide bonds. The van der Waals surface area contributed by atoms with Gasteiger partial charge in [-0.05, 0) is 24.3 Å². The van der Waals surface area contributed by atoms with Crippen LogP contribution in [0.5, 0.6) is 0 Å². The molecule has 5 nitrogen and oxygen atoms in total. The zero-order valence-corrected chi connectivity index (χ0v) is 15.8. The Morgan fingerprint density at radius 1 is 1.00 bits per heavy atom. The second kappa shape index (κ2) is 7.12. The fraction of sp³-hybridized carbons (Fsp3) is 0.143. The van der Waals surface area contributed by atoms with Crippen LogP contribution in [0, 0.1) is 0 Å². The van der Waals surface area contributed by atoms with Gasteiger partial charge in [0.25, 0.3) is 0 Å². The van der Waals surface area contributed by atoms with Gasteiger partial charge < -0.3 is 10.2 Å². The summed E-state index contributed by atoms with van der Waals surface area (Å²) >= 11 is 0. The Kier molecular flexibility index (Phi) is 4.62. The molecule has 0 aliphatic rings. The first kappa shape index (κ1) is 18.8. The average Bonchev–Trinajstić information content (AvgIpc) is 3.12. The fourth-order valence-corrected chi connectivity index (χ4v) is 3.20. The van der Waals surface area contributed by atoms with E-state index in [-0.39, 0.29) is 0 Å². The number of imidazole rings is 1. The lowest BCUT2D eigenvalue weighted by Gasteiger charge is -2.17. The van der Waals surface area contributed by atoms with Gasteiger partial charge in [-0.1, -0.05) is 24.3 Å². The summed E-state index contributed by atoms with van der Waals surface area (Å²) in [6.45, 7) is 0. The van der Waals surface area contributed by atoms with E-state index in [0.717, 1.165) is 29.1 Å². The number of halogens is 3. The number of hydrogen-bond acceptors (Lipinski definition) is 4. The van der Waals surface area contributed by atoms with Gasteiger partial charge in [-0.3, -0.25) is 4.40 Å². The van der Waals surface area contributed by atoms with Gasteiger partial charge in [-0.2, -0.15) is 13.2 Å².